The van der Waals surface area contributed by atoms with Crippen molar-refractivity contribution in [3.05, 3.63) is 27.3 Å². The Bertz CT molecular complexity index is 647. The highest BCUT2D eigenvalue weighted by atomic mass is 127. The number of halogens is 1. The second-order valence-electron chi connectivity index (χ2n) is 5.55. The molecule has 24 heavy (non-hydrogen) atoms. The number of aliphatic imine (C=N–C) groups is 1. The predicted molar refractivity (Wildman–Crippen MR) is 107 cm³/mol. The molecule has 0 aliphatic heterocycles. The summed E-state index contributed by atoms with van der Waals surface area (Å²) in [5.74, 6) is 2.40. The van der Waals surface area contributed by atoms with Crippen LogP contribution in [0.25, 0.3) is 0 Å². The van der Waals surface area contributed by atoms with Crippen molar-refractivity contribution >= 4 is 41.3 Å². The van der Waals surface area contributed by atoms with E-state index in [0.29, 0.717) is 25.4 Å². The normalized spacial score (nSPS) is 11.5. The third-order valence-corrected chi connectivity index (χ3v) is 4.41. The van der Waals surface area contributed by atoms with Crippen molar-refractivity contribution < 1.29 is 4.52 Å². The number of hydrogen-bond acceptors (Lipinski definition) is 6. The average Bonchev–Trinajstić information content (AvgIpc) is 3.10. The van der Waals surface area contributed by atoms with Gasteiger partial charge in [-0.15, -0.1) is 35.3 Å². The van der Waals surface area contributed by atoms with Crippen molar-refractivity contribution in [2.24, 2.45) is 4.99 Å². The van der Waals surface area contributed by atoms with Gasteiger partial charge in [0.05, 0.1) is 12.2 Å². The van der Waals surface area contributed by atoms with Gasteiger partial charge in [-0.1, -0.05) is 19.0 Å². The molecule has 0 atom stereocenters. The molecule has 0 aliphatic carbocycles. The Kier molecular flexibility index (Phi) is 8.60. The van der Waals surface area contributed by atoms with Crippen LogP contribution >= 0.6 is 35.3 Å². The fourth-order valence-electron chi connectivity index (χ4n) is 1.89. The summed E-state index contributed by atoms with van der Waals surface area (Å²) in [4.78, 5) is 14.3. The van der Waals surface area contributed by atoms with Gasteiger partial charge in [-0.2, -0.15) is 4.98 Å². The van der Waals surface area contributed by atoms with E-state index in [2.05, 4.69) is 37.7 Å². The lowest BCUT2D eigenvalue weighted by atomic mass is 10.2. The van der Waals surface area contributed by atoms with E-state index in [1.807, 2.05) is 20.8 Å². The predicted octanol–water partition coefficient (Wildman–Crippen LogP) is 2.79. The van der Waals surface area contributed by atoms with E-state index in [-0.39, 0.29) is 29.9 Å². The summed E-state index contributed by atoms with van der Waals surface area (Å²) in [7, 11) is 1.75. The first-order valence-corrected chi connectivity index (χ1v) is 8.51. The van der Waals surface area contributed by atoms with Crippen LogP contribution in [-0.2, 0) is 13.0 Å². The highest BCUT2D eigenvalue weighted by Crippen LogP contribution is 2.15. The van der Waals surface area contributed by atoms with Crippen molar-refractivity contribution in [3.8, 4) is 0 Å². The fraction of sp³-hybridized carbons (Fsp3) is 0.600. The topological polar surface area (TPSA) is 88.2 Å². The van der Waals surface area contributed by atoms with E-state index in [1.165, 1.54) is 4.88 Å². The van der Waals surface area contributed by atoms with Crippen molar-refractivity contribution in [1.29, 1.82) is 0 Å². The zero-order valence-electron chi connectivity index (χ0n) is 14.7. The minimum absolute atomic E-state index is 0. The van der Waals surface area contributed by atoms with Crippen LogP contribution in [0.4, 0.5) is 0 Å². The first-order valence-electron chi connectivity index (χ1n) is 7.69. The van der Waals surface area contributed by atoms with Crippen LogP contribution < -0.4 is 10.6 Å². The summed E-state index contributed by atoms with van der Waals surface area (Å²) in [5, 5.41) is 11.5. The molecule has 134 valence electrons. The van der Waals surface area contributed by atoms with Gasteiger partial charge in [0.1, 0.15) is 5.01 Å². The summed E-state index contributed by atoms with van der Waals surface area (Å²) >= 11 is 1.70. The van der Waals surface area contributed by atoms with Crippen LogP contribution in [0, 0.1) is 13.8 Å². The third-order valence-electron chi connectivity index (χ3n) is 3.33. The van der Waals surface area contributed by atoms with Gasteiger partial charge in [0, 0.05) is 30.8 Å². The largest absolute Gasteiger partial charge is 0.356 e. The second-order valence-corrected chi connectivity index (χ2v) is 6.84. The van der Waals surface area contributed by atoms with E-state index in [4.69, 9.17) is 4.52 Å². The standard InChI is InChI=1S/C15H24N6OS.HI/c1-9(2)14-20-12(22-21-14)6-7-17-15(16-5)18-8-13-19-10(3)11(4)23-13;/h9H,6-8H2,1-5H3,(H2,16,17,18);1H. The zero-order valence-corrected chi connectivity index (χ0v) is 17.9. The molecule has 0 saturated carbocycles. The lowest BCUT2D eigenvalue weighted by Crippen LogP contribution is -2.37. The van der Waals surface area contributed by atoms with Crippen molar-refractivity contribution in [1.82, 2.24) is 25.8 Å². The first kappa shape index (κ1) is 20.8. The average molecular weight is 464 g/mol. The van der Waals surface area contributed by atoms with E-state index >= 15 is 0 Å². The van der Waals surface area contributed by atoms with Gasteiger partial charge in [-0.25, -0.2) is 4.98 Å². The van der Waals surface area contributed by atoms with Gasteiger partial charge in [0.2, 0.25) is 5.89 Å². The van der Waals surface area contributed by atoms with Crippen LogP contribution in [-0.4, -0.2) is 34.7 Å². The molecule has 2 rings (SSSR count). The SMILES string of the molecule is CN=C(NCCc1nc(C(C)C)no1)NCc1nc(C)c(C)s1.I. The van der Waals surface area contributed by atoms with Gasteiger partial charge in [0.15, 0.2) is 11.8 Å². The summed E-state index contributed by atoms with van der Waals surface area (Å²) in [6.07, 6.45) is 0.663. The minimum Gasteiger partial charge on any atom is -0.356 e. The molecular formula is C15H25IN6OS. The molecule has 7 nitrogen and oxygen atoms in total. The Morgan fingerprint density at radius 1 is 1.25 bits per heavy atom. The molecule has 2 aromatic heterocycles. The monoisotopic (exact) mass is 464 g/mol. The number of nitrogens with one attached hydrogen (secondary N) is 2. The third kappa shape index (κ3) is 6.00. The van der Waals surface area contributed by atoms with Gasteiger partial charge in [-0.3, -0.25) is 4.99 Å². The zero-order chi connectivity index (χ0) is 16.8. The van der Waals surface area contributed by atoms with Crippen molar-refractivity contribution in [2.75, 3.05) is 13.6 Å². The molecule has 9 heteroatoms. The molecule has 0 amide bonds. The fourth-order valence-corrected chi connectivity index (χ4v) is 2.76. The number of nitrogens with zero attached hydrogens (tertiary/aromatic N) is 4. The number of aryl methyl sites for hydroxylation is 2. The highest BCUT2D eigenvalue weighted by molar-refractivity contribution is 14.0. The Labute approximate surface area is 163 Å². The lowest BCUT2D eigenvalue weighted by Gasteiger charge is -2.09. The Hall–Kier alpha value is -1.23. The molecule has 0 aromatic carbocycles. The van der Waals surface area contributed by atoms with E-state index in [1.54, 1.807) is 18.4 Å². The highest BCUT2D eigenvalue weighted by Gasteiger charge is 2.09. The molecule has 2 heterocycles. The molecule has 0 bridgehead atoms. The van der Waals surface area contributed by atoms with Crippen molar-refractivity contribution in [3.63, 3.8) is 0 Å². The quantitative estimate of drug-likeness (QED) is 0.389. The maximum absolute atomic E-state index is 5.22. The Morgan fingerprint density at radius 3 is 2.54 bits per heavy atom. The molecule has 0 saturated heterocycles. The van der Waals surface area contributed by atoms with E-state index in [0.717, 1.165) is 22.5 Å². The minimum atomic E-state index is 0. The number of rotatable bonds is 6. The molecular weight excluding hydrogens is 439 g/mol. The Morgan fingerprint density at radius 2 is 2.00 bits per heavy atom. The van der Waals surface area contributed by atoms with Crippen LogP contribution in [0.15, 0.2) is 9.52 Å². The van der Waals surface area contributed by atoms with Crippen LogP contribution in [0.5, 0.6) is 0 Å². The van der Waals surface area contributed by atoms with E-state index in [9.17, 15) is 0 Å². The molecule has 2 aromatic rings. The van der Waals surface area contributed by atoms with Crippen LogP contribution in [0.2, 0.25) is 0 Å². The maximum atomic E-state index is 5.22. The second kappa shape index (κ2) is 9.92. The van der Waals surface area contributed by atoms with Gasteiger partial charge in [-0.05, 0) is 13.8 Å². The summed E-state index contributed by atoms with van der Waals surface area (Å²) < 4.78 is 5.22. The molecule has 0 fully saturated rings. The van der Waals surface area contributed by atoms with Gasteiger partial charge < -0.3 is 15.2 Å². The number of hydrogen-bond donors (Lipinski definition) is 2. The molecule has 0 spiro atoms. The maximum Gasteiger partial charge on any atom is 0.228 e. The summed E-state index contributed by atoms with van der Waals surface area (Å²) in [5.41, 5.74) is 1.09. The molecule has 0 radical (unpaired) electrons. The number of thiazole rings is 1. The first-order chi connectivity index (χ1) is 11.0. The van der Waals surface area contributed by atoms with E-state index < -0.39 is 0 Å². The molecule has 0 unspecified atom stereocenters. The molecule has 0 aliphatic rings. The lowest BCUT2D eigenvalue weighted by molar-refractivity contribution is 0.371. The number of guanidine groups is 1. The molecule has 2 N–H and O–H groups in total. The summed E-state index contributed by atoms with van der Waals surface area (Å²) in [6, 6.07) is 0. The van der Waals surface area contributed by atoms with Crippen LogP contribution in [0.3, 0.4) is 0 Å². The van der Waals surface area contributed by atoms with Crippen LogP contribution in [0.1, 0.15) is 47.1 Å². The van der Waals surface area contributed by atoms with Crippen molar-refractivity contribution in [2.45, 2.75) is 46.6 Å². The Balaban J connectivity index is 0.00000288. The number of aromatic nitrogens is 3. The smallest absolute Gasteiger partial charge is 0.228 e. The van der Waals surface area contributed by atoms with Gasteiger partial charge >= 0.3 is 0 Å². The summed E-state index contributed by atoms with van der Waals surface area (Å²) in [6.45, 7) is 9.53. The van der Waals surface area contributed by atoms with Gasteiger partial charge in [0.25, 0.3) is 0 Å².